The van der Waals surface area contributed by atoms with Crippen molar-refractivity contribution < 1.29 is 0 Å². The molecule has 0 spiro atoms. The van der Waals surface area contributed by atoms with Gasteiger partial charge < -0.3 is 5.32 Å². The lowest BCUT2D eigenvalue weighted by molar-refractivity contribution is 0.419. The first-order valence-corrected chi connectivity index (χ1v) is 8.96. The minimum atomic E-state index is 0.268. The van der Waals surface area contributed by atoms with Crippen LogP contribution in [0.2, 0.25) is 0 Å². The topological polar surface area (TPSA) is 12.0 Å². The molecule has 21 heavy (non-hydrogen) atoms. The third-order valence-corrected chi connectivity index (χ3v) is 5.40. The number of thioether (sulfide) groups is 1. The highest BCUT2D eigenvalue weighted by molar-refractivity contribution is 7.98. The quantitative estimate of drug-likeness (QED) is 0.781. The van der Waals surface area contributed by atoms with E-state index in [9.17, 15) is 0 Å². The molecule has 1 fully saturated rings. The lowest BCUT2D eigenvalue weighted by atomic mass is 9.79. The van der Waals surface area contributed by atoms with Crippen LogP contribution in [0.4, 0.5) is 0 Å². The molecule has 2 aromatic rings. The maximum atomic E-state index is 3.47. The molecule has 1 saturated carbocycles. The molecule has 0 saturated heterocycles. The predicted octanol–water partition coefficient (Wildman–Crippen LogP) is 4.98. The van der Waals surface area contributed by atoms with Gasteiger partial charge in [-0.05, 0) is 54.8 Å². The zero-order chi connectivity index (χ0) is 14.7. The van der Waals surface area contributed by atoms with E-state index in [0.29, 0.717) is 0 Å². The second-order valence-corrected chi connectivity index (χ2v) is 6.61. The summed E-state index contributed by atoms with van der Waals surface area (Å²) in [6, 6.07) is 18.2. The van der Waals surface area contributed by atoms with E-state index >= 15 is 0 Å². The molecule has 0 amide bonds. The van der Waals surface area contributed by atoms with Gasteiger partial charge in [0.25, 0.3) is 0 Å². The Balaban J connectivity index is 1.88. The second-order valence-electron chi connectivity index (χ2n) is 5.76. The molecule has 0 bridgehead atoms. The number of nitrogens with one attached hydrogen (secondary N) is 1. The monoisotopic (exact) mass is 297 g/mol. The minimum absolute atomic E-state index is 0.268. The number of benzene rings is 2. The molecule has 2 aromatic carbocycles. The molecule has 0 heterocycles. The smallest absolute Gasteiger partial charge is 0.0585 e. The summed E-state index contributed by atoms with van der Waals surface area (Å²) in [6.07, 6.45) is 6.27. The van der Waals surface area contributed by atoms with Crippen molar-refractivity contribution in [3.63, 3.8) is 0 Å². The molecule has 0 aromatic heterocycles. The van der Waals surface area contributed by atoms with Crippen molar-refractivity contribution in [2.45, 2.75) is 36.1 Å². The molecule has 1 aliphatic rings. The molecule has 1 N–H and O–H groups in total. The van der Waals surface area contributed by atoms with Crippen molar-refractivity contribution in [1.82, 2.24) is 5.32 Å². The molecule has 1 nitrogen and oxygen atoms in total. The number of hydrogen-bond donors (Lipinski definition) is 1. The highest BCUT2D eigenvalue weighted by atomic mass is 32.2. The summed E-state index contributed by atoms with van der Waals surface area (Å²) in [6.45, 7) is 0. The Hall–Kier alpha value is -1.25. The highest BCUT2D eigenvalue weighted by Crippen LogP contribution is 2.37. The van der Waals surface area contributed by atoms with Crippen LogP contribution in [0, 0.1) is 0 Å². The molecule has 1 unspecified atom stereocenters. The van der Waals surface area contributed by atoms with Crippen LogP contribution in [-0.2, 0) is 0 Å². The van der Waals surface area contributed by atoms with Gasteiger partial charge in [-0.25, -0.2) is 0 Å². The summed E-state index contributed by atoms with van der Waals surface area (Å²) >= 11 is 1.81. The van der Waals surface area contributed by atoms with Crippen molar-refractivity contribution in [3.8, 4) is 0 Å². The second kappa shape index (κ2) is 6.67. The fraction of sp³-hybridized carbons (Fsp3) is 0.368. The number of rotatable bonds is 5. The van der Waals surface area contributed by atoms with Gasteiger partial charge in [-0.3, -0.25) is 0 Å². The molecule has 1 aliphatic carbocycles. The van der Waals surface area contributed by atoms with Gasteiger partial charge in [0.15, 0.2) is 0 Å². The zero-order valence-corrected chi connectivity index (χ0v) is 13.6. The van der Waals surface area contributed by atoms with Crippen LogP contribution in [0.1, 0.15) is 47.9 Å². The van der Waals surface area contributed by atoms with Crippen molar-refractivity contribution in [2.75, 3.05) is 13.3 Å². The SMILES string of the molecule is CNC(c1ccc(C2CCC2)cc1)c1ccccc1SC. The maximum absolute atomic E-state index is 3.47. The van der Waals surface area contributed by atoms with E-state index in [0.717, 1.165) is 5.92 Å². The van der Waals surface area contributed by atoms with Gasteiger partial charge in [-0.2, -0.15) is 0 Å². The van der Waals surface area contributed by atoms with Crippen molar-refractivity contribution >= 4 is 11.8 Å². The van der Waals surface area contributed by atoms with Gasteiger partial charge in [-0.15, -0.1) is 11.8 Å². The maximum Gasteiger partial charge on any atom is 0.0585 e. The third-order valence-electron chi connectivity index (χ3n) is 4.58. The highest BCUT2D eigenvalue weighted by Gasteiger charge is 2.20. The molecule has 110 valence electrons. The molecule has 0 aliphatic heterocycles. The van der Waals surface area contributed by atoms with E-state index < -0.39 is 0 Å². The Labute approximate surface area is 132 Å². The van der Waals surface area contributed by atoms with Crippen LogP contribution in [0.3, 0.4) is 0 Å². The first-order valence-electron chi connectivity index (χ1n) is 7.73. The van der Waals surface area contributed by atoms with Crippen LogP contribution in [0.25, 0.3) is 0 Å². The fourth-order valence-corrected chi connectivity index (χ4v) is 3.75. The predicted molar refractivity (Wildman–Crippen MR) is 92.2 cm³/mol. The first-order chi connectivity index (χ1) is 10.3. The third kappa shape index (κ3) is 3.02. The zero-order valence-electron chi connectivity index (χ0n) is 12.8. The molecule has 0 radical (unpaired) electrons. The van der Waals surface area contributed by atoms with E-state index in [1.54, 1.807) is 0 Å². The Kier molecular flexibility index (Phi) is 4.67. The summed E-state index contributed by atoms with van der Waals surface area (Å²) in [5.41, 5.74) is 4.23. The normalized spacial score (nSPS) is 16.5. The average molecular weight is 297 g/mol. The lowest BCUT2D eigenvalue weighted by Crippen LogP contribution is -2.18. The minimum Gasteiger partial charge on any atom is -0.309 e. The van der Waals surface area contributed by atoms with E-state index in [1.165, 1.54) is 40.8 Å². The summed E-state index contributed by atoms with van der Waals surface area (Å²) in [4.78, 5) is 1.35. The van der Waals surface area contributed by atoms with Crippen LogP contribution in [-0.4, -0.2) is 13.3 Å². The van der Waals surface area contributed by atoms with Gasteiger partial charge in [0.05, 0.1) is 6.04 Å². The van der Waals surface area contributed by atoms with Crippen molar-refractivity contribution in [1.29, 1.82) is 0 Å². The van der Waals surface area contributed by atoms with Crippen LogP contribution < -0.4 is 5.32 Å². The fourth-order valence-electron chi connectivity index (χ4n) is 3.11. The molecule has 1 atom stereocenters. The van der Waals surface area contributed by atoms with Crippen LogP contribution in [0.5, 0.6) is 0 Å². The van der Waals surface area contributed by atoms with Gasteiger partial charge in [0.1, 0.15) is 0 Å². The standard InChI is InChI=1S/C19H23NS/c1-20-19(17-8-3-4-9-18(17)21-2)16-12-10-15(11-13-16)14-6-5-7-14/h3-4,8-14,19-20H,5-7H2,1-2H3. The van der Waals surface area contributed by atoms with E-state index in [4.69, 9.17) is 0 Å². The van der Waals surface area contributed by atoms with Crippen LogP contribution >= 0.6 is 11.8 Å². The Morgan fingerprint density at radius 1 is 1.05 bits per heavy atom. The molecule has 2 heteroatoms. The lowest BCUT2D eigenvalue weighted by Gasteiger charge is -2.26. The van der Waals surface area contributed by atoms with E-state index in [1.807, 2.05) is 18.8 Å². The molecular weight excluding hydrogens is 274 g/mol. The van der Waals surface area contributed by atoms with Gasteiger partial charge in [0, 0.05) is 4.90 Å². The summed E-state index contributed by atoms with van der Waals surface area (Å²) in [5, 5.41) is 3.47. The Bertz CT molecular complexity index is 587. The van der Waals surface area contributed by atoms with Crippen LogP contribution in [0.15, 0.2) is 53.4 Å². The summed E-state index contributed by atoms with van der Waals surface area (Å²) < 4.78 is 0. The Morgan fingerprint density at radius 2 is 1.76 bits per heavy atom. The largest absolute Gasteiger partial charge is 0.309 e. The average Bonchev–Trinajstić information content (AvgIpc) is 2.48. The Morgan fingerprint density at radius 3 is 2.33 bits per heavy atom. The molecular formula is C19H23NS. The van der Waals surface area contributed by atoms with Gasteiger partial charge in [0.2, 0.25) is 0 Å². The van der Waals surface area contributed by atoms with E-state index in [-0.39, 0.29) is 6.04 Å². The number of hydrogen-bond acceptors (Lipinski definition) is 2. The molecule has 3 rings (SSSR count). The van der Waals surface area contributed by atoms with Crippen molar-refractivity contribution in [3.05, 3.63) is 65.2 Å². The summed E-state index contributed by atoms with van der Waals surface area (Å²) in [7, 11) is 2.04. The van der Waals surface area contributed by atoms with Gasteiger partial charge in [-0.1, -0.05) is 48.9 Å². The van der Waals surface area contributed by atoms with Gasteiger partial charge >= 0.3 is 0 Å². The first kappa shape index (κ1) is 14.7. The summed E-state index contributed by atoms with van der Waals surface area (Å²) in [5.74, 6) is 0.811. The van der Waals surface area contributed by atoms with Crippen molar-refractivity contribution in [2.24, 2.45) is 0 Å². The van der Waals surface area contributed by atoms with E-state index in [2.05, 4.69) is 60.1 Å².